The highest BCUT2D eigenvalue weighted by atomic mass is 32.2. The Morgan fingerprint density at radius 2 is 1.70 bits per heavy atom. The number of nitrogens with zero attached hydrogens (tertiary/aromatic N) is 2. The fourth-order valence-electron chi connectivity index (χ4n) is 2.83. The lowest BCUT2D eigenvalue weighted by Crippen LogP contribution is -2.52. The molecule has 0 saturated carbocycles. The van der Waals surface area contributed by atoms with Crippen LogP contribution < -0.4 is 0 Å². The number of benzene rings is 1. The fraction of sp³-hybridized carbons (Fsp3) is 0.385. The van der Waals surface area contributed by atoms with Gasteiger partial charge in [-0.25, -0.2) is 8.42 Å². The van der Waals surface area contributed by atoms with E-state index in [0.717, 1.165) is 16.4 Å². The van der Waals surface area contributed by atoms with Gasteiger partial charge in [0.1, 0.15) is 0 Å². The number of para-hydroxylation sites is 1. The van der Waals surface area contributed by atoms with Gasteiger partial charge in [0.25, 0.3) is 5.69 Å². The van der Waals surface area contributed by atoms with Crippen molar-refractivity contribution in [2.45, 2.75) is 11.3 Å². The van der Waals surface area contributed by atoms with Crippen molar-refractivity contribution in [1.29, 1.82) is 0 Å². The van der Waals surface area contributed by atoms with Crippen LogP contribution in [0, 0.1) is 22.0 Å². The molecule has 2 atom stereocenters. The Kier molecular flexibility index (Phi) is 3.65. The van der Waals surface area contributed by atoms with Crippen LogP contribution in [0.5, 0.6) is 0 Å². The summed E-state index contributed by atoms with van der Waals surface area (Å²) in [5.74, 6) is -2.98. The summed E-state index contributed by atoms with van der Waals surface area (Å²) in [4.78, 5) is 33.1. The van der Waals surface area contributed by atoms with Crippen molar-refractivity contribution in [3.05, 3.63) is 34.4 Å². The lowest BCUT2D eigenvalue weighted by molar-refractivity contribution is -0.387. The summed E-state index contributed by atoms with van der Waals surface area (Å²) in [6.07, 6.45) is 0.237. The number of ether oxygens (including phenoxy) is 1. The molecule has 0 aliphatic carbocycles. The van der Waals surface area contributed by atoms with Gasteiger partial charge in [-0.2, -0.15) is 4.31 Å². The van der Waals surface area contributed by atoms with Crippen LogP contribution >= 0.6 is 0 Å². The van der Waals surface area contributed by atoms with Gasteiger partial charge in [-0.05, 0) is 12.5 Å². The number of nitro groups is 1. The zero-order valence-electron chi connectivity index (χ0n) is 11.7. The molecule has 122 valence electrons. The number of carbonyl (C=O) groups is 2. The molecule has 2 saturated heterocycles. The van der Waals surface area contributed by atoms with Gasteiger partial charge in [-0.15, -0.1) is 0 Å². The van der Waals surface area contributed by atoms with Crippen molar-refractivity contribution in [1.82, 2.24) is 4.31 Å². The maximum atomic E-state index is 12.7. The van der Waals surface area contributed by atoms with Gasteiger partial charge in [-0.3, -0.25) is 19.7 Å². The predicted molar refractivity (Wildman–Crippen MR) is 74.6 cm³/mol. The number of hydrogen-bond donors (Lipinski definition) is 0. The quantitative estimate of drug-likeness (QED) is 0.335. The van der Waals surface area contributed by atoms with E-state index in [0.29, 0.717) is 0 Å². The third-order valence-corrected chi connectivity index (χ3v) is 5.84. The molecule has 0 N–H and O–H groups in total. The molecule has 2 fully saturated rings. The van der Waals surface area contributed by atoms with Crippen molar-refractivity contribution >= 4 is 27.6 Å². The lowest BCUT2D eigenvalue weighted by Gasteiger charge is -2.37. The zero-order valence-corrected chi connectivity index (χ0v) is 12.6. The van der Waals surface area contributed by atoms with Gasteiger partial charge in [0.05, 0.1) is 16.8 Å². The standard InChI is InChI=1S/C13H12N2O7S/c16-12-8-5-9(13(17)22-12)7-14(6-8)23(20,21)11-4-2-1-3-10(11)15(18)19/h1-4,8-9H,5-7H2. The van der Waals surface area contributed by atoms with E-state index in [1.54, 1.807) is 0 Å². The van der Waals surface area contributed by atoms with Crippen molar-refractivity contribution in [2.75, 3.05) is 13.1 Å². The number of piperidine rings is 1. The maximum Gasteiger partial charge on any atom is 0.317 e. The van der Waals surface area contributed by atoms with Crippen LogP contribution in [0.1, 0.15) is 6.42 Å². The number of hydrogen-bond acceptors (Lipinski definition) is 7. The number of nitro benzene ring substituents is 1. The van der Waals surface area contributed by atoms with Gasteiger partial charge in [0, 0.05) is 19.2 Å². The average molecular weight is 340 g/mol. The highest BCUT2D eigenvalue weighted by Gasteiger charge is 2.46. The second-order valence-electron chi connectivity index (χ2n) is 5.42. The number of esters is 2. The maximum absolute atomic E-state index is 12.7. The third kappa shape index (κ3) is 2.59. The molecule has 23 heavy (non-hydrogen) atoms. The van der Waals surface area contributed by atoms with Crippen molar-refractivity contribution < 1.29 is 27.7 Å². The first-order chi connectivity index (χ1) is 10.8. The first-order valence-electron chi connectivity index (χ1n) is 6.80. The number of carbonyl (C=O) groups excluding carboxylic acids is 2. The smallest absolute Gasteiger partial charge is 0.317 e. The number of fused-ring (bicyclic) bond motifs is 2. The number of cyclic esters (lactones) is 2. The molecule has 0 radical (unpaired) electrons. The Labute approximate surface area is 131 Å². The summed E-state index contributed by atoms with van der Waals surface area (Å²) in [5.41, 5.74) is -0.544. The monoisotopic (exact) mass is 340 g/mol. The van der Waals surface area contributed by atoms with Crippen molar-refractivity contribution in [3.63, 3.8) is 0 Å². The van der Waals surface area contributed by atoms with Crippen LogP contribution in [0.15, 0.2) is 29.2 Å². The molecule has 10 heteroatoms. The van der Waals surface area contributed by atoms with Crippen molar-refractivity contribution in [2.24, 2.45) is 11.8 Å². The molecule has 1 aromatic carbocycles. The van der Waals surface area contributed by atoms with E-state index in [1.165, 1.54) is 12.1 Å². The Morgan fingerprint density at radius 1 is 1.13 bits per heavy atom. The highest BCUT2D eigenvalue weighted by molar-refractivity contribution is 7.89. The molecule has 0 aromatic heterocycles. The first-order valence-corrected chi connectivity index (χ1v) is 8.24. The Bertz CT molecular complexity index is 782. The van der Waals surface area contributed by atoms with E-state index in [4.69, 9.17) is 0 Å². The minimum atomic E-state index is -4.19. The molecule has 1 aromatic rings. The van der Waals surface area contributed by atoms with E-state index in [2.05, 4.69) is 4.74 Å². The molecule has 0 amide bonds. The van der Waals surface area contributed by atoms with E-state index in [1.807, 2.05) is 0 Å². The van der Waals surface area contributed by atoms with Gasteiger partial charge in [-0.1, -0.05) is 12.1 Å². The van der Waals surface area contributed by atoms with Crippen LogP contribution in [0.25, 0.3) is 0 Å². The van der Waals surface area contributed by atoms with Gasteiger partial charge in [0.15, 0.2) is 4.90 Å². The molecule has 0 spiro atoms. The number of sulfonamides is 1. The summed E-state index contributed by atoms with van der Waals surface area (Å²) in [7, 11) is -4.19. The van der Waals surface area contributed by atoms with Gasteiger partial charge >= 0.3 is 11.9 Å². The lowest BCUT2D eigenvalue weighted by atomic mass is 9.88. The van der Waals surface area contributed by atoms with Crippen molar-refractivity contribution in [3.8, 4) is 0 Å². The van der Waals surface area contributed by atoms with Crippen LogP contribution in [0.4, 0.5) is 5.69 Å². The molecular formula is C13H12N2O7S. The summed E-state index contributed by atoms with van der Waals surface area (Å²) < 4.78 is 31.0. The van der Waals surface area contributed by atoms with Gasteiger partial charge in [0.2, 0.25) is 10.0 Å². The summed E-state index contributed by atoms with van der Waals surface area (Å²) in [6.45, 7) is -0.312. The summed E-state index contributed by atoms with van der Waals surface area (Å²) >= 11 is 0. The molecule has 2 unspecified atom stereocenters. The summed E-state index contributed by atoms with van der Waals surface area (Å²) in [5, 5.41) is 11.0. The largest absolute Gasteiger partial charge is 0.393 e. The molecule has 2 bridgehead atoms. The summed E-state index contributed by atoms with van der Waals surface area (Å²) in [6, 6.07) is 4.97. The first kappa shape index (κ1) is 15.6. The SMILES string of the molecule is O=C1OC(=O)C2CC1CN(S(=O)(=O)c1ccccc1[N+](=O)[O-])C2. The number of rotatable bonds is 3. The van der Waals surface area contributed by atoms with E-state index >= 15 is 0 Å². The average Bonchev–Trinajstić information content (AvgIpc) is 2.53. The Hall–Kier alpha value is -2.33. The Balaban J connectivity index is 1.99. The van der Waals surface area contributed by atoms with E-state index < -0.39 is 49.3 Å². The van der Waals surface area contributed by atoms with E-state index in [9.17, 15) is 28.1 Å². The highest BCUT2D eigenvalue weighted by Crippen LogP contribution is 2.34. The minimum Gasteiger partial charge on any atom is -0.393 e. The fourth-order valence-corrected chi connectivity index (χ4v) is 4.52. The molecule has 2 heterocycles. The minimum absolute atomic E-state index is 0.156. The van der Waals surface area contributed by atoms with Crippen LogP contribution in [0.2, 0.25) is 0 Å². The molecule has 3 rings (SSSR count). The van der Waals surface area contributed by atoms with E-state index in [-0.39, 0.29) is 19.5 Å². The normalized spacial score (nSPS) is 25.0. The zero-order chi connectivity index (χ0) is 16.8. The third-order valence-electron chi connectivity index (χ3n) is 3.96. The second-order valence-corrected chi connectivity index (χ2v) is 7.32. The van der Waals surface area contributed by atoms with Crippen LogP contribution in [-0.4, -0.2) is 42.7 Å². The molecule has 2 aliphatic heterocycles. The Morgan fingerprint density at radius 3 is 2.26 bits per heavy atom. The van der Waals surface area contributed by atoms with Crippen LogP contribution in [-0.2, 0) is 24.3 Å². The van der Waals surface area contributed by atoms with Crippen LogP contribution in [0.3, 0.4) is 0 Å². The predicted octanol–water partition coefficient (Wildman–Crippen LogP) is 0.305. The molecular weight excluding hydrogens is 328 g/mol. The molecule has 9 nitrogen and oxygen atoms in total. The molecule has 2 aliphatic rings. The topological polar surface area (TPSA) is 124 Å². The van der Waals surface area contributed by atoms with Gasteiger partial charge < -0.3 is 4.74 Å². The second kappa shape index (κ2) is 5.39.